The van der Waals surface area contributed by atoms with Crippen molar-refractivity contribution >= 4 is 0 Å². The Morgan fingerprint density at radius 3 is 2.71 bits per heavy atom. The lowest BCUT2D eigenvalue weighted by molar-refractivity contribution is -0.250. The Morgan fingerprint density at radius 1 is 1.29 bits per heavy atom. The third kappa shape index (κ3) is 3.26. The molecule has 1 saturated heterocycles. The molecule has 0 saturated carbocycles. The molecule has 94 valence electrons. The summed E-state index contributed by atoms with van der Waals surface area (Å²) in [7, 11) is 0. The van der Waals surface area contributed by atoms with Crippen LogP contribution in [0, 0.1) is 0 Å². The smallest absolute Gasteiger partial charge is 0.181 e. The van der Waals surface area contributed by atoms with Crippen molar-refractivity contribution in [3.05, 3.63) is 35.9 Å². The summed E-state index contributed by atoms with van der Waals surface area (Å²) in [5, 5.41) is 18.8. The van der Waals surface area contributed by atoms with Crippen molar-refractivity contribution in [3.63, 3.8) is 0 Å². The van der Waals surface area contributed by atoms with Gasteiger partial charge in [-0.15, -0.1) is 0 Å². The van der Waals surface area contributed by atoms with E-state index in [-0.39, 0.29) is 12.2 Å². The lowest BCUT2D eigenvalue weighted by Crippen LogP contribution is -2.46. The fourth-order valence-electron chi connectivity index (χ4n) is 1.93. The number of hydrogen-bond acceptors (Lipinski definition) is 4. The van der Waals surface area contributed by atoms with Crippen LogP contribution in [0.5, 0.6) is 0 Å². The second-order valence-corrected chi connectivity index (χ2v) is 4.37. The summed E-state index contributed by atoms with van der Waals surface area (Å²) in [5.74, 6) is 0. The van der Waals surface area contributed by atoms with Crippen molar-refractivity contribution in [2.45, 2.75) is 44.6 Å². The average molecular weight is 238 g/mol. The Hall–Kier alpha value is -0.940. The monoisotopic (exact) mass is 238 g/mol. The molecule has 1 fully saturated rings. The zero-order valence-electron chi connectivity index (χ0n) is 9.82. The van der Waals surface area contributed by atoms with Gasteiger partial charge in [0.15, 0.2) is 6.29 Å². The van der Waals surface area contributed by atoms with E-state index in [1.165, 1.54) is 0 Å². The van der Waals surface area contributed by atoms with E-state index < -0.39 is 12.4 Å². The van der Waals surface area contributed by atoms with Gasteiger partial charge in [-0.1, -0.05) is 30.3 Å². The molecule has 0 aromatic heterocycles. The van der Waals surface area contributed by atoms with Crippen molar-refractivity contribution in [1.29, 1.82) is 0 Å². The molecular formula is C13H18O4. The minimum absolute atomic E-state index is 0.186. The molecule has 17 heavy (non-hydrogen) atoms. The minimum Gasteiger partial charge on any atom is -0.388 e. The fourth-order valence-corrected chi connectivity index (χ4v) is 1.93. The van der Waals surface area contributed by atoms with Gasteiger partial charge in [-0.25, -0.2) is 0 Å². The Labute approximate surface area is 101 Å². The summed E-state index contributed by atoms with van der Waals surface area (Å²) in [5.41, 5.74) is 1.08. The number of aliphatic hydroxyl groups is 2. The van der Waals surface area contributed by atoms with Crippen LogP contribution in [0.3, 0.4) is 0 Å². The van der Waals surface area contributed by atoms with Gasteiger partial charge in [-0.05, 0) is 12.5 Å². The topological polar surface area (TPSA) is 58.9 Å². The molecule has 4 nitrogen and oxygen atoms in total. The van der Waals surface area contributed by atoms with Crippen LogP contribution in [-0.2, 0) is 16.1 Å². The van der Waals surface area contributed by atoms with Crippen LogP contribution in [0.25, 0.3) is 0 Å². The Balaban J connectivity index is 1.87. The van der Waals surface area contributed by atoms with Gasteiger partial charge >= 0.3 is 0 Å². The predicted molar refractivity (Wildman–Crippen MR) is 62.2 cm³/mol. The SMILES string of the molecule is C[C@H]1O[C@@H](O)[C@H](O)C[C@H]1OCc1ccccc1. The molecule has 4 heteroatoms. The van der Waals surface area contributed by atoms with Gasteiger partial charge in [0.05, 0.1) is 18.8 Å². The maximum Gasteiger partial charge on any atom is 0.181 e. The molecule has 2 N–H and O–H groups in total. The standard InChI is InChI=1S/C13H18O4/c1-9-12(7-11(14)13(15)17-9)16-8-10-5-3-2-4-6-10/h2-6,9,11-15H,7-8H2,1H3/t9-,11-,12-,13-/m1/s1. The summed E-state index contributed by atoms with van der Waals surface area (Å²) >= 11 is 0. The van der Waals surface area contributed by atoms with E-state index >= 15 is 0 Å². The van der Waals surface area contributed by atoms with Crippen LogP contribution in [0.4, 0.5) is 0 Å². The van der Waals surface area contributed by atoms with Crippen molar-refractivity contribution in [2.24, 2.45) is 0 Å². The molecule has 0 bridgehead atoms. The number of rotatable bonds is 3. The third-order valence-corrected chi connectivity index (χ3v) is 2.99. The Morgan fingerprint density at radius 2 is 2.00 bits per heavy atom. The normalized spacial score (nSPS) is 33.6. The quantitative estimate of drug-likeness (QED) is 0.826. The molecule has 0 spiro atoms. The summed E-state index contributed by atoms with van der Waals surface area (Å²) in [6.07, 6.45) is -1.96. The number of hydrogen-bond donors (Lipinski definition) is 2. The lowest BCUT2D eigenvalue weighted by Gasteiger charge is -2.35. The molecule has 1 aromatic rings. The summed E-state index contributed by atoms with van der Waals surface area (Å²) in [6, 6.07) is 9.84. The highest BCUT2D eigenvalue weighted by Gasteiger charge is 2.34. The molecule has 2 rings (SSSR count). The molecule has 4 atom stereocenters. The van der Waals surface area contributed by atoms with Crippen molar-refractivity contribution in [3.8, 4) is 0 Å². The molecule has 1 aromatic carbocycles. The van der Waals surface area contributed by atoms with Gasteiger partial charge in [-0.2, -0.15) is 0 Å². The largest absolute Gasteiger partial charge is 0.388 e. The fraction of sp³-hybridized carbons (Fsp3) is 0.538. The van der Waals surface area contributed by atoms with Crippen LogP contribution in [0.15, 0.2) is 30.3 Å². The van der Waals surface area contributed by atoms with Gasteiger partial charge in [0.25, 0.3) is 0 Å². The molecule has 0 unspecified atom stereocenters. The zero-order valence-corrected chi connectivity index (χ0v) is 9.82. The van der Waals surface area contributed by atoms with E-state index in [4.69, 9.17) is 9.47 Å². The van der Waals surface area contributed by atoms with Crippen molar-refractivity contribution in [1.82, 2.24) is 0 Å². The van der Waals surface area contributed by atoms with E-state index in [0.717, 1.165) is 5.56 Å². The molecule has 1 aliphatic heterocycles. The third-order valence-electron chi connectivity index (χ3n) is 2.99. The first-order valence-corrected chi connectivity index (χ1v) is 5.84. The van der Waals surface area contributed by atoms with E-state index in [1.807, 2.05) is 37.3 Å². The van der Waals surface area contributed by atoms with Gasteiger partial charge in [-0.3, -0.25) is 0 Å². The van der Waals surface area contributed by atoms with E-state index in [2.05, 4.69) is 0 Å². The molecule has 1 aliphatic rings. The van der Waals surface area contributed by atoms with Crippen molar-refractivity contribution < 1.29 is 19.7 Å². The van der Waals surface area contributed by atoms with Gasteiger partial charge in [0.1, 0.15) is 6.10 Å². The van der Waals surface area contributed by atoms with Gasteiger partial charge in [0.2, 0.25) is 0 Å². The zero-order chi connectivity index (χ0) is 12.3. The molecular weight excluding hydrogens is 220 g/mol. The highest BCUT2D eigenvalue weighted by molar-refractivity contribution is 5.13. The highest BCUT2D eigenvalue weighted by atomic mass is 16.6. The van der Waals surface area contributed by atoms with E-state index in [0.29, 0.717) is 13.0 Å². The molecule has 0 amide bonds. The van der Waals surface area contributed by atoms with E-state index in [1.54, 1.807) is 0 Å². The van der Waals surface area contributed by atoms with Crippen LogP contribution in [0.1, 0.15) is 18.9 Å². The molecule has 0 aliphatic carbocycles. The second-order valence-electron chi connectivity index (χ2n) is 4.37. The van der Waals surface area contributed by atoms with E-state index in [9.17, 15) is 10.2 Å². The highest BCUT2D eigenvalue weighted by Crippen LogP contribution is 2.22. The van der Waals surface area contributed by atoms with Crippen LogP contribution < -0.4 is 0 Å². The Kier molecular flexibility index (Phi) is 4.12. The maximum absolute atomic E-state index is 9.51. The maximum atomic E-state index is 9.51. The molecule has 1 heterocycles. The average Bonchev–Trinajstić information content (AvgIpc) is 2.33. The summed E-state index contributed by atoms with van der Waals surface area (Å²) < 4.78 is 10.9. The summed E-state index contributed by atoms with van der Waals surface area (Å²) in [4.78, 5) is 0. The number of ether oxygens (including phenoxy) is 2. The van der Waals surface area contributed by atoms with Crippen LogP contribution >= 0.6 is 0 Å². The first kappa shape index (κ1) is 12.5. The van der Waals surface area contributed by atoms with Gasteiger partial charge < -0.3 is 19.7 Å². The molecule has 0 radical (unpaired) electrons. The first-order chi connectivity index (χ1) is 8.16. The Bertz CT molecular complexity index is 341. The minimum atomic E-state index is -1.10. The summed E-state index contributed by atoms with van der Waals surface area (Å²) in [6.45, 7) is 2.33. The van der Waals surface area contributed by atoms with Crippen LogP contribution in [-0.4, -0.2) is 34.8 Å². The van der Waals surface area contributed by atoms with Gasteiger partial charge in [0, 0.05) is 6.42 Å². The lowest BCUT2D eigenvalue weighted by atomic mass is 10.0. The second kappa shape index (κ2) is 5.60. The first-order valence-electron chi connectivity index (χ1n) is 5.84. The predicted octanol–water partition coefficient (Wildman–Crippen LogP) is 1.06. The van der Waals surface area contributed by atoms with Crippen LogP contribution in [0.2, 0.25) is 0 Å². The number of aliphatic hydroxyl groups excluding tert-OH is 2. The number of benzene rings is 1. The van der Waals surface area contributed by atoms with Crippen molar-refractivity contribution in [2.75, 3.05) is 0 Å².